The fourth-order valence-corrected chi connectivity index (χ4v) is 4.34. The number of aliphatic imine (C=N–C) groups is 1. The van der Waals surface area contributed by atoms with Crippen molar-refractivity contribution in [2.75, 3.05) is 6.54 Å². The number of amides is 2. The van der Waals surface area contributed by atoms with Crippen LogP contribution in [-0.2, 0) is 16.1 Å². The zero-order valence-electron chi connectivity index (χ0n) is 16.5. The van der Waals surface area contributed by atoms with E-state index in [0.29, 0.717) is 24.2 Å². The highest BCUT2D eigenvalue weighted by atomic mass is 32.1. The molecule has 2 amide bonds. The first-order valence-corrected chi connectivity index (χ1v) is 10.4. The fraction of sp³-hybridized carbons (Fsp3) is 0.125. The van der Waals surface area contributed by atoms with Crippen molar-refractivity contribution in [1.29, 1.82) is 0 Å². The van der Waals surface area contributed by atoms with Gasteiger partial charge in [-0.15, -0.1) is 0 Å². The van der Waals surface area contributed by atoms with Crippen molar-refractivity contribution in [1.82, 2.24) is 14.9 Å². The van der Waals surface area contributed by atoms with E-state index in [4.69, 9.17) is 0 Å². The molecule has 1 aliphatic heterocycles. The Morgan fingerprint density at radius 2 is 1.65 bits per heavy atom. The lowest BCUT2D eigenvalue weighted by Crippen LogP contribution is -2.22. The number of rotatable bonds is 6. The normalized spacial score (nSPS) is 13.8. The van der Waals surface area contributed by atoms with E-state index in [2.05, 4.69) is 37.2 Å². The number of imide groups is 1. The molecule has 31 heavy (non-hydrogen) atoms. The van der Waals surface area contributed by atoms with Crippen molar-refractivity contribution < 1.29 is 9.59 Å². The molecule has 0 fully saturated rings. The lowest BCUT2D eigenvalue weighted by Gasteiger charge is -2.03. The third kappa shape index (κ3) is 3.20. The highest BCUT2D eigenvalue weighted by molar-refractivity contribution is 7.78. The van der Waals surface area contributed by atoms with E-state index in [-0.39, 0.29) is 11.8 Å². The van der Waals surface area contributed by atoms with Crippen LogP contribution in [0.5, 0.6) is 0 Å². The van der Waals surface area contributed by atoms with Crippen LogP contribution in [0.3, 0.4) is 0 Å². The molecule has 152 valence electrons. The van der Waals surface area contributed by atoms with E-state index in [1.165, 1.54) is 0 Å². The molecule has 0 aliphatic carbocycles. The highest BCUT2D eigenvalue weighted by Crippen LogP contribution is 2.38. The van der Waals surface area contributed by atoms with Crippen molar-refractivity contribution in [2.24, 2.45) is 4.99 Å². The molecule has 0 saturated heterocycles. The first-order valence-electron chi connectivity index (χ1n) is 9.97. The lowest BCUT2D eigenvalue weighted by atomic mass is 9.95. The quantitative estimate of drug-likeness (QED) is 0.210. The number of aromatic amines is 1. The Morgan fingerprint density at radius 3 is 2.45 bits per heavy atom. The zero-order chi connectivity index (χ0) is 21.4. The summed E-state index contributed by atoms with van der Waals surface area (Å²) in [6.07, 6.45) is 4.54. The van der Waals surface area contributed by atoms with Gasteiger partial charge in [0.1, 0.15) is 0 Å². The van der Waals surface area contributed by atoms with E-state index >= 15 is 0 Å². The van der Waals surface area contributed by atoms with Crippen molar-refractivity contribution >= 4 is 62.1 Å². The molecule has 4 aromatic rings. The minimum atomic E-state index is -0.378. The van der Waals surface area contributed by atoms with Gasteiger partial charge in [-0.05, 0) is 30.8 Å². The number of nitrogens with one attached hydrogen (secondary N) is 2. The summed E-state index contributed by atoms with van der Waals surface area (Å²) in [6.45, 7) is 1.31. The first kappa shape index (κ1) is 19.2. The maximum absolute atomic E-state index is 12.9. The third-order valence-corrected chi connectivity index (χ3v) is 5.71. The number of para-hydroxylation sites is 2. The van der Waals surface area contributed by atoms with E-state index in [1.54, 1.807) is 6.20 Å². The van der Waals surface area contributed by atoms with Gasteiger partial charge in [0, 0.05) is 51.9 Å². The molecular weight excluding hydrogens is 408 g/mol. The Morgan fingerprint density at radius 1 is 0.935 bits per heavy atom. The minimum Gasteiger partial charge on any atom is -0.361 e. The molecule has 3 heterocycles. The van der Waals surface area contributed by atoms with Crippen molar-refractivity contribution in [3.63, 3.8) is 0 Å². The van der Waals surface area contributed by atoms with Crippen LogP contribution in [-0.4, -0.2) is 33.1 Å². The number of carbonyl (C=O) groups excluding carboxylic acids is 2. The molecule has 0 atom stereocenters. The van der Waals surface area contributed by atoms with Crippen LogP contribution in [0.25, 0.3) is 33.0 Å². The molecule has 2 aromatic carbocycles. The second-order valence-electron chi connectivity index (χ2n) is 7.36. The van der Waals surface area contributed by atoms with Gasteiger partial charge in [-0.25, -0.2) is 4.99 Å². The molecule has 0 spiro atoms. The summed E-state index contributed by atoms with van der Waals surface area (Å²) in [5, 5.41) is 6.71. The van der Waals surface area contributed by atoms with Gasteiger partial charge in [0.25, 0.3) is 11.8 Å². The summed E-state index contributed by atoms with van der Waals surface area (Å²) >= 11 is 4.64. The van der Waals surface area contributed by atoms with Gasteiger partial charge < -0.3 is 9.55 Å². The number of hydrogen-bond acceptors (Lipinski definition) is 4. The van der Waals surface area contributed by atoms with Crippen LogP contribution in [0, 0.1) is 0 Å². The number of isothiocyanates is 1. The highest BCUT2D eigenvalue weighted by Gasteiger charge is 2.34. The Balaban J connectivity index is 1.71. The van der Waals surface area contributed by atoms with E-state index < -0.39 is 0 Å². The Bertz CT molecular complexity index is 1440. The van der Waals surface area contributed by atoms with Crippen LogP contribution in [0.1, 0.15) is 17.5 Å². The van der Waals surface area contributed by atoms with Crippen molar-refractivity contribution in [3.05, 3.63) is 72.1 Å². The summed E-state index contributed by atoms with van der Waals surface area (Å²) in [4.78, 5) is 33.0. The van der Waals surface area contributed by atoms with Crippen LogP contribution in [0.4, 0.5) is 0 Å². The number of hydrogen-bond donors (Lipinski definition) is 2. The molecule has 1 aliphatic rings. The molecule has 2 N–H and O–H groups in total. The van der Waals surface area contributed by atoms with Gasteiger partial charge in [-0.2, -0.15) is 0 Å². The number of thiocarbonyl (C=S) groups is 1. The van der Waals surface area contributed by atoms with E-state index in [0.717, 1.165) is 39.4 Å². The SMILES string of the molecule is O=C1NC(=O)C(c2cn(CCCN=C=S)c3ccccc23)=C1c1c[nH]c2ccccc12. The monoisotopic (exact) mass is 426 g/mol. The second kappa shape index (κ2) is 7.80. The number of H-pyrrole nitrogens is 1. The van der Waals surface area contributed by atoms with E-state index in [9.17, 15) is 9.59 Å². The summed E-state index contributed by atoms with van der Waals surface area (Å²) in [5.74, 6) is -0.754. The number of aryl methyl sites for hydroxylation is 1. The van der Waals surface area contributed by atoms with Crippen LogP contribution >= 0.6 is 12.2 Å². The number of carbonyl (C=O) groups is 2. The molecule has 6 nitrogen and oxygen atoms in total. The molecule has 0 unspecified atom stereocenters. The number of nitrogens with zero attached hydrogens (tertiary/aromatic N) is 2. The average molecular weight is 427 g/mol. The van der Waals surface area contributed by atoms with Gasteiger partial charge in [-0.3, -0.25) is 14.9 Å². The van der Waals surface area contributed by atoms with Crippen LogP contribution < -0.4 is 5.32 Å². The maximum Gasteiger partial charge on any atom is 0.259 e. The number of aromatic nitrogens is 2. The molecule has 2 aromatic heterocycles. The summed E-state index contributed by atoms with van der Waals surface area (Å²) in [7, 11) is 0. The standard InChI is InChI=1S/C24H18N4O2S/c29-23-21(17-12-26-19-8-3-1-6-15(17)19)22(24(30)27-23)18-13-28(11-5-10-25-14-31)20-9-4-2-7-16(18)20/h1-4,6-9,12-13,26H,5,10-11H2,(H,27,29,30). The lowest BCUT2D eigenvalue weighted by molar-refractivity contribution is -0.122. The Kier molecular flexibility index (Phi) is 4.82. The predicted octanol–water partition coefficient (Wildman–Crippen LogP) is 4.18. The zero-order valence-corrected chi connectivity index (χ0v) is 17.3. The Hall–Kier alpha value is -3.80. The van der Waals surface area contributed by atoms with Gasteiger partial charge in [-0.1, -0.05) is 36.4 Å². The summed E-state index contributed by atoms with van der Waals surface area (Å²) in [5.41, 5.74) is 4.19. The van der Waals surface area contributed by atoms with Crippen molar-refractivity contribution in [2.45, 2.75) is 13.0 Å². The van der Waals surface area contributed by atoms with Gasteiger partial charge in [0.15, 0.2) is 0 Å². The number of benzene rings is 2. The van der Waals surface area contributed by atoms with E-state index in [1.807, 2.05) is 54.7 Å². The molecule has 0 saturated carbocycles. The van der Waals surface area contributed by atoms with Crippen LogP contribution in [0.2, 0.25) is 0 Å². The topological polar surface area (TPSA) is 79.2 Å². The molecule has 7 heteroatoms. The van der Waals surface area contributed by atoms with Crippen LogP contribution in [0.15, 0.2) is 65.9 Å². The third-order valence-electron chi connectivity index (χ3n) is 5.58. The molecule has 0 radical (unpaired) electrons. The Labute approximate surface area is 183 Å². The number of fused-ring (bicyclic) bond motifs is 2. The molecule has 0 bridgehead atoms. The smallest absolute Gasteiger partial charge is 0.259 e. The molecule has 5 rings (SSSR count). The minimum absolute atomic E-state index is 0.376. The maximum atomic E-state index is 12.9. The largest absolute Gasteiger partial charge is 0.361 e. The predicted molar refractivity (Wildman–Crippen MR) is 125 cm³/mol. The fourth-order valence-electron chi connectivity index (χ4n) is 4.24. The van der Waals surface area contributed by atoms with Gasteiger partial charge in [0.05, 0.1) is 22.9 Å². The summed E-state index contributed by atoms with van der Waals surface area (Å²) in [6, 6.07) is 15.6. The van der Waals surface area contributed by atoms with Gasteiger partial charge in [0.2, 0.25) is 0 Å². The van der Waals surface area contributed by atoms with Gasteiger partial charge >= 0.3 is 0 Å². The second-order valence-corrected chi connectivity index (χ2v) is 7.54. The molecular formula is C24H18N4O2S. The average Bonchev–Trinajstić information content (AvgIpc) is 3.44. The first-order chi connectivity index (χ1) is 15.2. The summed E-state index contributed by atoms with van der Waals surface area (Å²) < 4.78 is 2.10. The van der Waals surface area contributed by atoms with Crippen molar-refractivity contribution in [3.8, 4) is 0 Å².